The van der Waals surface area contributed by atoms with Crippen molar-refractivity contribution in [1.29, 1.82) is 0 Å². The first-order valence-corrected chi connectivity index (χ1v) is 4.65. The molecule has 1 unspecified atom stereocenters. The van der Waals surface area contributed by atoms with Crippen LogP contribution in [0.25, 0.3) is 0 Å². The van der Waals surface area contributed by atoms with E-state index in [9.17, 15) is 5.11 Å². The Bertz CT molecular complexity index is 278. The van der Waals surface area contributed by atoms with Gasteiger partial charge in [0.2, 0.25) is 0 Å². The standard InChI is InChI=1S/C9H15N3O/c1-12-5-3-8(11-12)9(13)7-2-4-10-6-7/h3,5,7,9-10,13H,2,4,6H2,1H3/t7-,9?/m0/s1. The summed E-state index contributed by atoms with van der Waals surface area (Å²) < 4.78 is 1.72. The molecule has 0 bridgehead atoms. The highest BCUT2D eigenvalue weighted by atomic mass is 16.3. The number of hydrogen-bond acceptors (Lipinski definition) is 3. The van der Waals surface area contributed by atoms with E-state index < -0.39 is 6.10 Å². The molecule has 0 aliphatic carbocycles. The minimum Gasteiger partial charge on any atom is -0.386 e. The molecule has 1 aromatic heterocycles. The van der Waals surface area contributed by atoms with E-state index in [-0.39, 0.29) is 0 Å². The molecule has 1 aliphatic rings. The van der Waals surface area contributed by atoms with Crippen LogP contribution in [0.2, 0.25) is 0 Å². The fraction of sp³-hybridized carbons (Fsp3) is 0.667. The largest absolute Gasteiger partial charge is 0.386 e. The van der Waals surface area contributed by atoms with Crippen molar-refractivity contribution in [1.82, 2.24) is 15.1 Å². The molecule has 2 rings (SSSR count). The molecule has 1 aromatic rings. The SMILES string of the molecule is Cn1ccc(C(O)[C@H]2CCNC2)n1. The van der Waals surface area contributed by atoms with Gasteiger partial charge in [0.1, 0.15) is 6.10 Å². The van der Waals surface area contributed by atoms with E-state index in [1.54, 1.807) is 4.68 Å². The van der Waals surface area contributed by atoms with E-state index in [0.717, 1.165) is 25.2 Å². The molecule has 0 spiro atoms. The molecule has 13 heavy (non-hydrogen) atoms. The Kier molecular flexibility index (Phi) is 2.33. The lowest BCUT2D eigenvalue weighted by molar-refractivity contribution is 0.113. The van der Waals surface area contributed by atoms with Crippen LogP contribution in [0.4, 0.5) is 0 Å². The molecular formula is C9H15N3O. The van der Waals surface area contributed by atoms with Crippen molar-refractivity contribution in [2.24, 2.45) is 13.0 Å². The van der Waals surface area contributed by atoms with Gasteiger partial charge in [-0.15, -0.1) is 0 Å². The maximum absolute atomic E-state index is 9.92. The maximum Gasteiger partial charge on any atom is 0.102 e. The van der Waals surface area contributed by atoms with Crippen molar-refractivity contribution >= 4 is 0 Å². The third-order valence-corrected chi connectivity index (χ3v) is 2.58. The highest BCUT2D eigenvalue weighted by Crippen LogP contribution is 2.24. The number of nitrogens with one attached hydrogen (secondary N) is 1. The summed E-state index contributed by atoms with van der Waals surface area (Å²) in [6, 6.07) is 1.88. The minimum absolute atomic E-state index is 0.329. The monoisotopic (exact) mass is 181 g/mol. The quantitative estimate of drug-likeness (QED) is 0.678. The van der Waals surface area contributed by atoms with Gasteiger partial charge in [-0.3, -0.25) is 4.68 Å². The number of hydrogen-bond donors (Lipinski definition) is 2. The number of rotatable bonds is 2. The van der Waals surface area contributed by atoms with Gasteiger partial charge in [0.05, 0.1) is 5.69 Å². The zero-order valence-electron chi connectivity index (χ0n) is 7.77. The summed E-state index contributed by atoms with van der Waals surface area (Å²) in [6.07, 6.45) is 2.50. The molecular weight excluding hydrogens is 166 g/mol. The van der Waals surface area contributed by atoms with Gasteiger partial charge in [-0.25, -0.2) is 0 Å². The predicted molar refractivity (Wildman–Crippen MR) is 49.1 cm³/mol. The average Bonchev–Trinajstić information content (AvgIpc) is 2.72. The highest BCUT2D eigenvalue weighted by molar-refractivity contribution is 5.05. The van der Waals surface area contributed by atoms with Gasteiger partial charge in [0, 0.05) is 25.7 Å². The fourth-order valence-corrected chi connectivity index (χ4v) is 1.78. The Balaban J connectivity index is 2.07. The van der Waals surface area contributed by atoms with Crippen LogP contribution in [0, 0.1) is 5.92 Å². The van der Waals surface area contributed by atoms with Crippen molar-refractivity contribution in [2.75, 3.05) is 13.1 Å². The lowest BCUT2D eigenvalue weighted by Crippen LogP contribution is -2.16. The molecule has 2 atom stereocenters. The summed E-state index contributed by atoms with van der Waals surface area (Å²) in [5, 5.41) is 17.3. The summed E-state index contributed by atoms with van der Waals surface area (Å²) in [5.74, 6) is 0.329. The van der Waals surface area contributed by atoms with Crippen LogP contribution in [0.15, 0.2) is 12.3 Å². The second-order valence-corrected chi connectivity index (χ2v) is 3.61. The van der Waals surface area contributed by atoms with E-state index >= 15 is 0 Å². The second kappa shape index (κ2) is 3.47. The van der Waals surface area contributed by atoms with Crippen LogP contribution in [0.5, 0.6) is 0 Å². The Morgan fingerprint density at radius 2 is 2.62 bits per heavy atom. The normalized spacial score (nSPS) is 24.9. The summed E-state index contributed by atoms with van der Waals surface area (Å²) in [4.78, 5) is 0. The first-order chi connectivity index (χ1) is 6.27. The van der Waals surface area contributed by atoms with Crippen LogP contribution in [-0.4, -0.2) is 28.0 Å². The molecule has 0 radical (unpaired) electrons. The Labute approximate surface area is 77.6 Å². The lowest BCUT2D eigenvalue weighted by atomic mass is 9.99. The van der Waals surface area contributed by atoms with E-state index in [2.05, 4.69) is 10.4 Å². The molecule has 1 saturated heterocycles. The van der Waals surface area contributed by atoms with Crippen molar-refractivity contribution < 1.29 is 5.11 Å². The van der Waals surface area contributed by atoms with E-state index in [4.69, 9.17) is 0 Å². The van der Waals surface area contributed by atoms with Crippen molar-refractivity contribution in [3.8, 4) is 0 Å². The second-order valence-electron chi connectivity index (χ2n) is 3.61. The summed E-state index contributed by atoms with van der Waals surface area (Å²) in [6.45, 7) is 1.91. The average molecular weight is 181 g/mol. The highest BCUT2D eigenvalue weighted by Gasteiger charge is 2.25. The van der Waals surface area contributed by atoms with Crippen LogP contribution < -0.4 is 5.32 Å². The van der Waals surface area contributed by atoms with Crippen LogP contribution >= 0.6 is 0 Å². The fourth-order valence-electron chi connectivity index (χ4n) is 1.78. The van der Waals surface area contributed by atoms with Crippen LogP contribution in [-0.2, 0) is 7.05 Å². The smallest absolute Gasteiger partial charge is 0.102 e. The first kappa shape index (κ1) is 8.72. The molecule has 4 heteroatoms. The number of nitrogens with zero attached hydrogens (tertiary/aromatic N) is 2. The van der Waals surface area contributed by atoms with Crippen LogP contribution in [0.1, 0.15) is 18.2 Å². The molecule has 0 amide bonds. The van der Waals surface area contributed by atoms with E-state index in [1.807, 2.05) is 19.3 Å². The summed E-state index contributed by atoms with van der Waals surface area (Å²) in [5.41, 5.74) is 0.788. The number of aliphatic hydroxyl groups excluding tert-OH is 1. The first-order valence-electron chi connectivity index (χ1n) is 4.65. The molecule has 2 heterocycles. The zero-order chi connectivity index (χ0) is 9.26. The van der Waals surface area contributed by atoms with Gasteiger partial charge < -0.3 is 10.4 Å². The van der Waals surface area contributed by atoms with Gasteiger partial charge in [-0.2, -0.15) is 5.10 Å². The van der Waals surface area contributed by atoms with Crippen molar-refractivity contribution in [2.45, 2.75) is 12.5 Å². The van der Waals surface area contributed by atoms with Gasteiger partial charge in [-0.05, 0) is 19.0 Å². The van der Waals surface area contributed by atoms with Crippen molar-refractivity contribution in [3.63, 3.8) is 0 Å². The molecule has 4 nitrogen and oxygen atoms in total. The molecule has 72 valence electrons. The number of aliphatic hydroxyl groups is 1. The van der Waals surface area contributed by atoms with Gasteiger partial charge in [0.15, 0.2) is 0 Å². The van der Waals surface area contributed by atoms with Crippen LogP contribution in [0.3, 0.4) is 0 Å². The molecule has 1 aliphatic heterocycles. The van der Waals surface area contributed by atoms with Gasteiger partial charge in [0.25, 0.3) is 0 Å². The van der Waals surface area contributed by atoms with Gasteiger partial charge >= 0.3 is 0 Å². The maximum atomic E-state index is 9.92. The van der Waals surface area contributed by atoms with E-state index in [0.29, 0.717) is 5.92 Å². The predicted octanol–water partition coefficient (Wildman–Crippen LogP) is 0.0630. The Hall–Kier alpha value is -0.870. The third-order valence-electron chi connectivity index (χ3n) is 2.58. The molecule has 0 aromatic carbocycles. The minimum atomic E-state index is -0.406. The summed E-state index contributed by atoms with van der Waals surface area (Å²) >= 11 is 0. The number of aryl methyl sites for hydroxylation is 1. The molecule has 2 N–H and O–H groups in total. The lowest BCUT2D eigenvalue weighted by Gasteiger charge is -2.14. The van der Waals surface area contributed by atoms with Crippen molar-refractivity contribution in [3.05, 3.63) is 18.0 Å². The molecule has 0 saturated carbocycles. The third kappa shape index (κ3) is 1.73. The summed E-state index contributed by atoms with van der Waals surface area (Å²) in [7, 11) is 1.86. The zero-order valence-corrected chi connectivity index (χ0v) is 7.77. The van der Waals surface area contributed by atoms with E-state index in [1.165, 1.54) is 0 Å². The number of aromatic nitrogens is 2. The molecule has 1 fully saturated rings. The Morgan fingerprint density at radius 3 is 3.15 bits per heavy atom. The Morgan fingerprint density at radius 1 is 1.77 bits per heavy atom. The topological polar surface area (TPSA) is 50.1 Å². The van der Waals surface area contributed by atoms with Gasteiger partial charge in [-0.1, -0.05) is 0 Å².